The molecule has 2 aromatic rings. The van der Waals surface area contributed by atoms with E-state index in [-0.39, 0.29) is 5.91 Å². The monoisotopic (exact) mass is 296 g/mol. The van der Waals surface area contributed by atoms with Gasteiger partial charge < -0.3 is 9.47 Å². The zero-order chi connectivity index (χ0) is 15.7. The third kappa shape index (κ3) is 2.68. The van der Waals surface area contributed by atoms with Gasteiger partial charge in [-0.1, -0.05) is 24.3 Å². The molecule has 0 unspecified atom stereocenters. The maximum absolute atomic E-state index is 12.9. The number of benzene rings is 1. The summed E-state index contributed by atoms with van der Waals surface area (Å²) in [6.45, 7) is 8.82. The summed E-state index contributed by atoms with van der Waals surface area (Å²) in [4.78, 5) is 14.9. The second-order valence-electron chi connectivity index (χ2n) is 6.33. The Kier molecular flexibility index (Phi) is 4.06. The Balaban J connectivity index is 1.97. The number of carbonyl (C=O) groups excluding carboxylic acids is 1. The predicted octanol–water partition coefficient (Wildman–Crippen LogP) is 3.70. The zero-order valence-corrected chi connectivity index (χ0v) is 13.7. The van der Waals surface area contributed by atoms with Crippen molar-refractivity contribution >= 4 is 5.91 Å². The van der Waals surface area contributed by atoms with Crippen molar-refractivity contribution in [2.75, 3.05) is 13.1 Å². The largest absolute Gasteiger partial charge is 0.337 e. The molecule has 0 atom stereocenters. The van der Waals surface area contributed by atoms with Crippen LogP contribution in [-0.4, -0.2) is 28.5 Å². The lowest BCUT2D eigenvalue weighted by Crippen LogP contribution is -2.30. The molecule has 22 heavy (non-hydrogen) atoms. The number of aryl methyl sites for hydroxylation is 3. The Bertz CT molecular complexity index is 693. The Morgan fingerprint density at radius 3 is 2.41 bits per heavy atom. The van der Waals surface area contributed by atoms with Crippen molar-refractivity contribution in [3.8, 4) is 0 Å². The molecule has 1 fully saturated rings. The van der Waals surface area contributed by atoms with Crippen LogP contribution in [0.15, 0.2) is 30.3 Å². The van der Waals surface area contributed by atoms with E-state index in [9.17, 15) is 4.79 Å². The maximum atomic E-state index is 12.9. The first-order valence-electron chi connectivity index (χ1n) is 8.08. The molecule has 0 bridgehead atoms. The van der Waals surface area contributed by atoms with E-state index in [0.717, 1.165) is 49.4 Å². The van der Waals surface area contributed by atoms with E-state index in [1.165, 1.54) is 11.1 Å². The van der Waals surface area contributed by atoms with Gasteiger partial charge in [-0.25, -0.2) is 0 Å². The molecule has 1 aromatic heterocycles. The highest BCUT2D eigenvalue weighted by atomic mass is 16.2. The minimum atomic E-state index is 0.191. The molecule has 0 spiro atoms. The van der Waals surface area contributed by atoms with Crippen molar-refractivity contribution in [2.24, 2.45) is 0 Å². The predicted molar refractivity (Wildman–Crippen MR) is 89.3 cm³/mol. The maximum Gasteiger partial charge on any atom is 0.270 e. The summed E-state index contributed by atoms with van der Waals surface area (Å²) in [6, 6.07) is 10.5. The third-order valence-corrected chi connectivity index (χ3v) is 4.68. The molecule has 1 aliphatic heterocycles. The molecule has 1 aromatic carbocycles. The fraction of sp³-hybridized carbons (Fsp3) is 0.421. The highest BCUT2D eigenvalue weighted by Gasteiger charge is 2.25. The molecule has 0 saturated carbocycles. The number of likely N-dealkylation sites (tertiary alicyclic amines) is 1. The van der Waals surface area contributed by atoms with Gasteiger partial charge in [-0.15, -0.1) is 0 Å². The number of hydrogen-bond donors (Lipinski definition) is 0. The van der Waals surface area contributed by atoms with Gasteiger partial charge in [0.05, 0.1) is 0 Å². The van der Waals surface area contributed by atoms with Crippen molar-refractivity contribution in [2.45, 2.75) is 40.2 Å². The molecule has 2 heterocycles. The van der Waals surface area contributed by atoms with Crippen molar-refractivity contribution in [3.63, 3.8) is 0 Å². The number of nitrogens with zero attached hydrogens (tertiary/aromatic N) is 2. The SMILES string of the molecule is Cc1ccccc1Cn1c(C)cc(C)c1C(=O)N1CCCC1. The van der Waals surface area contributed by atoms with Gasteiger partial charge >= 0.3 is 0 Å². The molecule has 1 aliphatic rings. The van der Waals surface area contributed by atoms with Crippen LogP contribution in [0.2, 0.25) is 0 Å². The van der Waals surface area contributed by atoms with Crippen molar-refractivity contribution in [1.29, 1.82) is 0 Å². The molecular formula is C19H24N2O. The van der Waals surface area contributed by atoms with Crippen molar-refractivity contribution < 1.29 is 4.79 Å². The lowest BCUT2D eigenvalue weighted by molar-refractivity contribution is 0.0781. The van der Waals surface area contributed by atoms with E-state index < -0.39 is 0 Å². The summed E-state index contributed by atoms with van der Waals surface area (Å²) in [5.74, 6) is 0.191. The van der Waals surface area contributed by atoms with E-state index in [1.54, 1.807) is 0 Å². The number of rotatable bonds is 3. The van der Waals surface area contributed by atoms with E-state index in [0.29, 0.717) is 0 Å². The fourth-order valence-electron chi connectivity index (χ4n) is 3.36. The molecule has 0 N–H and O–H groups in total. The molecular weight excluding hydrogens is 272 g/mol. The number of carbonyl (C=O) groups is 1. The van der Waals surface area contributed by atoms with Crippen LogP contribution in [0.3, 0.4) is 0 Å². The van der Waals surface area contributed by atoms with Crippen molar-refractivity contribution in [1.82, 2.24) is 9.47 Å². The lowest BCUT2D eigenvalue weighted by atomic mass is 10.1. The van der Waals surface area contributed by atoms with Gasteiger partial charge in [-0.2, -0.15) is 0 Å². The van der Waals surface area contributed by atoms with Crippen LogP contribution in [0.1, 0.15) is 45.7 Å². The minimum Gasteiger partial charge on any atom is -0.337 e. The van der Waals surface area contributed by atoms with Gasteiger partial charge in [0, 0.05) is 25.3 Å². The molecule has 1 amide bonds. The van der Waals surface area contributed by atoms with Gasteiger partial charge in [-0.05, 0) is 56.4 Å². The van der Waals surface area contributed by atoms with E-state index in [4.69, 9.17) is 0 Å². The first-order chi connectivity index (χ1) is 10.6. The number of hydrogen-bond acceptors (Lipinski definition) is 1. The van der Waals surface area contributed by atoms with E-state index in [2.05, 4.69) is 48.7 Å². The van der Waals surface area contributed by atoms with Crippen LogP contribution < -0.4 is 0 Å². The van der Waals surface area contributed by atoms with Gasteiger partial charge in [0.25, 0.3) is 5.91 Å². The molecule has 0 aliphatic carbocycles. The Morgan fingerprint density at radius 2 is 1.73 bits per heavy atom. The van der Waals surface area contributed by atoms with E-state index in [1.807, 2.05) is 11.8 Å². The van der Waals surface area contributed by atoms with Crippen LogP contribution in [0, 0.1) is 20.8 Å². The normalized spacial score (nSPS) is 14.6. The summed E-state index contributed by atoms with van der Waals surface area (Å²) in [5, 5.41) is 0. The van der Waals surface area contributed by atoms with Gasteiger partial charge in [0.2, 0.25) is 0 Å². The summed E-state index contributed by atoms with van der Waals surface area (Å²) in [5.41, 5.74) is 5.65. The smallest absolute Gasteiger partial charge is 0.270 e. The first-order valence-corrected chi connectivity index (χ1v) is 8.08. The molecule has 116 valence electrons. The van der Waals surface area contributed by atoms with Crippen LogP contribution in [0.5, 0.6) is 0 Å². The van der Waals surface area contributed by atoms with Crippen LogP contribution in [0.25, 0.3) is 0 Å². The van der Waals surface area contributed by atoms with Gasteiger partial charge in [0.15, 0.2) is 0 Å². The van der Waals surface area contributed by atoms with Gasteiger partial charge in [-0.3, -0.25) is 4.79 Å². The summed E-state index contributed by atoms with van der Waals surface area (Å²) in [7, 11) is 0. The van der Waals surface area contributed by atoms with Gasteiger partial charge in [0.1, 0.15) is 5.69 Å². The molecule has 1 saturated heterocycles. The molecule has 3 nitrogen and oxygen atoms in total. The lowest BCUT2D eigenvalue weighted by Gasteiger charge is -2.19. The van der Waals surface area contributed by atoms with Crippen LogP contribution >= 0.6 is 0 Å². The van der Waals surface area contributed by atoms with Crippen molar-refractivity contribution in [3.05, 3.63) is 58.4 Å². The standard InChI is InChI=1S/C19H24N2O/c1-14-8-4-5-9-17(14)13-21-16(3)12-15(2)18(21)19(22)20-10-6-7-11-20/h4-5,8-9,12H,6-7,10-11,13H2,1-3H3. The topological polar surface area (TPSA) is 25.2 Å². The molecule has 3 heteroatoms. The highest BCUT2D eigenvalue weighted by molar-refractivity contribution is 5.94. The fourth-order valence-corrected chi connectivity index (χ4v) is 3.36. The van der Waals surface area contributed by atoms with Crippen LogP contribution in [-0.2, 0) is 6.54 Å². The second-order valence-corrected chi connectivity index (χ2v) is 6.33. The van der Waals surface area contributed by atoms with Crippen LogP contribution in [0.4, 0.5) is 0 Å². The minimum absolute atomic E-state index is 0.191. The summed E-state index contributed by atoms with van der Waals surface area (Å²) < 4.78 is 2.18. The van der Waals surface area contributed by atoms with E-state index >= 15 is 0 Å². The molecule has 3 rings (SSSR count). The Hall–Kier alpha value is -2.03. The highest BCUT2D eigenvalue weighted by Crippen LogP contribution is 2.22. The average molecular weight is 296 g/mol. The average Bonchev–Trinajstić information content (AvgIpc) is 3.10. The Labute approximate surface area is 132 Å². The molecule has 0 radical (unpaired) electrons. The first kappa shape index (κ1) is 14.9. The number of aromatic nitrogens is 1. The third-order valence-electron chi connectivity index (χ3n) is 4.68. The summed E-state index contributed by atoms with van der Waals surface area (Å²) in [6.07, 6.45) is 2.25. The quantitative estimate of drug-likeness (QED) is 0.848. The number of amides is 1. The zero-order valence-electron chi connectivity index (χ0n) is 13.7. The Morgan fingerprint density at radius 1 is 1.05 bits per heavy atom. The summed E-state index contributed by atoms with van der Waals surface area (Å²) >= 11 is 0. The second kappa shape index (κ2) is 5.99.